The standard InChI is InChI=1S/C18H22N2O2/c1-12-9-16(19-15-8-6-5-7-14(12)15)13-10-20(11-13)17(21)22-18(2,3)4/h5-9,13H,10-11H2,1-4H3. The fourth-order valence-corrected chi connectivity index (χ4v) is 2.73. The van der Waals surface area contributed by atoms with E-state index in [1.54, 1.807) is 4.90 Å². The van der Waals surface area contributed by atoms with E-state index in [2.05, 4.69) is 19.1 Å². The Balaban J connectivity index is 1.72. The van der Waals surface area contributed by atoms with Crippen molar-refractivity contribution in [3.05, 3.63) is 41.6 Å². The molecule has 1 aliphatic rings. The zero-order chi connectivity index (χ0) is 15.9. The summed E-state index contributed by atoms with van der Waals surface area (Å²) in [5.74, 6) is 0.302. The lowest BCUT2D eigenvalue weighted by Gasteiger charge is -2.39. The molecule has 0 spiro atoms. The first-order valence-electron chi connectivity index (χ1n) is 7.68. The number of benzene rings is 1. The van der Waals surface area contributed by atoms with Gasteiger partial charge in [0.25, 0.3) is 0 Å². The molecule has 1 aromatic carbocycles. The van der Waals surface area contributed by atoms with Gasteiger partial charge in [-0.25, -0.2) is 4.79 Å². The topological polar surface area (TPSA) is 42.4 Å². The van der Waals surface area contributed by atoms with E-state index in [0.717, 1.165) is 11.2 Å². The maximum Gasteiger partial charge on any atom is 0.410 e. The molecule has 0 aliphatic carbocycles. The number of carbonyl (C=O) groups is 1. The van der Waals surface area contributed by atoms with E-state index in [0.29, 0.717) is 19.0 Å². The van der Waals surface area contributed by atoms with Gasteiger partial charge in [0.2, 0.25) is 0 Å². The molecule has 22 heavy (non-hydrogen) atoms. The number of hydrogen-bond acceptors (Lipinski definition) is 3. The summed E-state index contributed by atoms with van der Waals surface area (Å²) in [5.41, 5.74) is 2.88. The lowest BCUT2D eigenvalue weighted by atomic mass is 9.94. The average molecular weight is 298 g/mol. The first-order valence-corrected chi connectivity index (χ1v) is 7.68. The van der Waals surface area contributed by atoms with E-state index in [4.69, 9.17) is 9.72 Å². The Morgan fingerprint density at radius 1 is 1.27 bits per heavy atom. The minimum absolute atomic E-state index is 0.235. The van der Waals surface area contributed by atoms with Crippen LogP contribution in [0.1, 0.15) is 37.9 Å². The molecule has 4 heteroatoms. The third-order valence-corrected chi connectivity index (χ3v) is 3.89. The van der Waals surface area contributed by atoms with Crippen molar-refractivity contribution in [2.75, 3.05) is 13.1 Å². The van der Waals surface area contributed by atoms with E-state index in [1.807, 2.05) is 39.0 Å². The predicted octanol–water partition coefficient (Wildman–Crippen LogP) is 3.88. The summed E-state index contributed by atoms with van der Waals surface area (Å²) in [6.45, 7) is 9.13. The quantitative estimate of drug-likeness (QED) is 0.802. The van der Waals surface area contributed by atoms with Crippen LogP contribution >= 0.6 is 0 Å². The number of carbonyl (C=O) groups excluding carboxylic acids is 1. The van der Waals surface area contributed by atoms with Gasteiger partial charge in [-0.1, -0.05) is 18.2 Å². The molecule has 3 rings (SSSR count). The molecule has 0 radical (unpaired) electrons. The highest BCUT2D eigenvalue weighted by atomic mass is 16.6. The molecule has 1 fully saturated rings. The largest absolute Gasteiger partial charge is 0.444 e. The van der Waals surface area contributed by atoms with Crippen molar-refractivity contribution in [2.45, 2.75) is 39.2 Å². The van der Waals surface area contributed by atoms with Crippen LogP contribution in [0.2, 0.25) is 0 Å². The number of para-hydroxylation sites is 1. The van der Waals surface area contributed by atoms with Crippen LogP contribution in [0.4, 0.5) is 4.79 Å². The highest BCUT2D eigenvalue weighted by Crippen LogP contribution is 2.29. The highest BCUT2D eigenvalue weighted by Gasteiger charge is 2.35. The molecule has 2 heterocycles. The van der Waals surface area contributed by atoms with Crippen molar-refractivity contribution in [2.24, 2.45) is 0 Å². The van der Waals surface area contributed by atoms with Crippen molar-refractivity contribution in [3.8, 4) is 0 Å². The Morgan fingerprint density at radius 3 is 2.64 bits per heavy atom. The van der Waals surface area contributed by atoms with Gasteiger partial charge in [-0.2, -0.15) is 0 Å². The summed E-state index contributed by atoms with van der Waals surface area (Å²) in [4.78, 5) is 18.5. The summed E-state index contributed by atoms with van der Waals surface area (Å²) >= 11 is 0. The number of aromatic nitrogens is 1. The number of likely N-dealkylation sites (tertiary alicyclic amines) is 1. The Bertz CT molecular complexity index is 713. The van der Waals surface area contributed by atoms with Crippen LogP contribution in [0.3, 0.4) is 0 Å². The van der Waals surface area contributed by atoms with Gasteiger partial charge in [-0.05, 0) is 45.4 Å². The molecular weight excluding hydrogens is 276 g/mol. The molecule has 1 amide bonds. The lowest BCUT2D eigenvalue weighted by molar-refractivity contribution is 0.00790. The lowest BCUT2D eigenvalue weighted by Crippen LogP contribution is -2.50. The van der Waals surface area contributed by atoms with Gasteiger partial charge in [0.1, 0.15) is 5.60 Å². The van der Waals surface area contributed by atoms with Crippen molar-refractivity contribution in [1.29, 1.82) is 0 Å². The van der Waals surface area contributed by atoms with Crippen LogP contribution < -0.4 is 0 Å². The first-order chi connectivity index (χ1) is 10.3. The number of pyridine rings is 1. The number of fused-ring (bicyclic) bond motifs is 1. The first kappa shape index (κ1) is 14.8. The van der Waals surface area contributed by atoms with Crippen molar-refractivity contribution in [3.63, 3.8) is 0 Å². The van der Waals surface area contributed by atoms with Gasteiger partial charge < -0.3 is 9.64 Å². The van der Waals surface area contributed by atoms with Gasteiger partial charge >= 0.3 is 6.09 Å². The van der Waals surface area contributed by atoms with Crippen LogP contribution in [0, 0.1) is 6.92 Å². The van der Waals surface area contributed by atoms with Gasteiger partial charge in [0, 0.05) is 30.1 Å². The Hall–Kier alpha value is -2.10. The minimum Gasteiger partial charge on any atom is -0.444 e. The summed E-state index contributed by atoms with van der Waals surface area (Å²) in [5, 5.41) is 1.19. The van der Waals surface area contributed by atoms with Crippen LogP contribution in [0.25, 0.3) is 10.9 Å². The summed E-state index contributed by atoms with van der Waals surface area (Å²) < 4.78 is 5.39. The summed E-state index contributed by atoms with van der Waals surface area (Å²) in [6, 6.07) is 10.3. The zero-order valence-electron chi connectivity index (χ0n) is 13.6. The Labute approximate surface area is 131 Å². The molecule has 4 nitrogen and oxygen atoms in total. The van der Waals surface area contributed by atoms with E-state index >= 15 is 0 Å². The highest BCUT2D eigenvalue weighted by molar-refractivity contribution is 5.82. The number of hydrogen-bond donors (Lipinski definition) is 0. The Morgan fingerprint density at radius 2 is 1.95 bits per heavy atom. The second-order valence-electron chi connectivity index (χ2n) is 6.96. The number of nitrogens with zero attached hydrogens (tertiary/aromatic N) is 2. The van der Waals surface area contributed by atoms with E-state index in [1.165, 1.54) is 10.9 Å². The van der Waals surface area contributed by atoms with Crippen molar-refractivity contribution in [1.82, 2.24) is 9.88 Å². The third-order valence-electron chi connectivity index (χ3n) is 3.89. The van der Waals surface area contributed by atoms with Crippen LogP contribution in [-0.4, -0.2) is 34.7 Å². The number of aryl methyl sites for hydroxylation is 1. The molecule has 0 N–H and O–H groups in total. The maximum atomic E-state index is 12.0. The third kappa shape index (κ3) is 2.91. The SMILES string of the molecule is Cc1cc(C2CN(C(=O)OC(C)(C)C)C2)nc2ccccc12. The van der Waals surface area contributed by atoms with Crippen LogP contribution in [0.5, 0.6) is 0 Å². The van der Waals surface area contributed by atoms with Crippen LogP contribution in [0.15, 0.2) is 30.3 Å². The maximum absolute atomic E-state index is 12.0. The molecule has 1 aliphatic heterocycles. The van der Waals surface area contributed by atoms with Crippen molar-refractivity contribution < 1.29 is 9.53 Å². The van der Waals surface area contributed by atoms with E-state index in [-0.39, 0.29) is 6.09 Å². The zero-order valence-corrected chi connectivity index (χ0v) is 13.6. The molecule has 0 unspecified atom stereocenters. The minimum atomic E-state index is -0.444. The summed E-state index contributed by atoms with van der Waals surface area (Å²) in [7, 11) is 0. The molecule has 0 bridgehead atoms. The molecule has 0 saturated carbocycles. The molecule has 0 atom stereocenters. The van der Waals surface area contributed by atoms with Gasteiger partial charge in [0.05, 0.1) is 5.52 Å². The number of amides is 1. The fourth-order valence-electron chi connectivity index (χ4n) is 2.73. The monoisotopic (exact) mass is 298 g/mol. The number of ether oxygens (including phenoxy) is 1. The molecule has 1 saturated heterocycles. The number of rotatable bonds is 1. The smallest absolute Gasteiger partial charge is 0.410 e. The second kappa shape index (κ2) is 5.27. The summed E-state index contributed by atoms with van der Waals surface area (Å²) in [6.07, 6.45) is -0.235. The molecule has 116 valence electrons. The van der Waals surface area contributed by atoms with Crippen LogP contribution in [-0.2, 0) is 4.74 Å². The van der Waals surface area contributed by atoms with E-state index < -0.39 is 5.60 Å². The second-order valence-corrected chi connectivity index (χ2v) is 6.96. The molecular formula is C18H22N2O2. The van der Waals surface area contributed by atoms with Crippen molar-refractivity contribution >= 4 is 17.0 Å². The Kier molecular flexibility index (Phi) is 3.55. The normalized spacial score (nSPS) is 15.7. The molecule has 1 aromatic heterocycles. The van der Waals surface area contributed by atoms with E-state index in [9.17, 15) is 4.79 Å². The van der Waals surface area contributed by atoms with Gasteiger partial charge in [-0.3, -0.25) is 4.98 Å². The van der Waals surface area contributed by atoms with Gasteiger partial charge in [-0.15, -0.1) is 0 Å². The van der Waals surface area contributed by atoms with Gasteiger partial charge in [0.15, 0.2) is 0 Å². The molecule has 2 aromatic rings. The average Bonchev–Trinajstić information content (AvgIpc) is 2.35. The fraction of sp³-hybridized carbons (Fsp3) is 0.444. The predicted molar refractivity (Wildman–Crippen MR) is 87.0 cm³/mol.